The third-order valence-electron chi connectivity index (χ3n) is 4.25. The van der Waals surface area contributed by atoms with E-state index < -0.39 is 5.97 Å². The second-order valence-electron chi connectivity index (χ2n) is 5.54. The van der Waals surface area contributed by atoms with Gasteiger partial charge >= 0.3 is 5.97 Å². The highest BCUT2D eigenvalue weighted by molar-refractivity contribution is 6.06. The van der Waals surface area contributed by atoms with E-state index in [1.807, 2.05) is 31.3 Å². The van der Waals surface area contributed by atoms with Crippen LogP contribution in [0.15, 0.2) is 30.5 Å². The molecule has 1 atom stereocenters. The van der Waals surface area contributed by atoms with Crippen molar-refractivity contribution in [2.45, 2.75) is 25.8 Å². The maximum absolute atomic E-state index is 11.3. The fraction of sp³-hybridized carbons (Fsp3) is 0.375. The Morgan fingerprint density at radius 1 is 1.35 bits per heavy atom. The minimum absolute atomic E-state index is 0.261. The third-order valence-corrected chi connectivity index (χ3v) is 4.25. The predicted molar refractivity (Wildman–Crippen MR) is 79.3 cm³/mol. The zero-order chi connectivity index (χ0) is 14.3. The number of aromatic carboxylic acids is 1. The van der Waals surface area contributed by atoms with Crippen molar-refractivity contribution in [3.8, 4) is 0 Å². The van der Waals surface area contributed by atoms with Gasteiger partial charge < -0.3 is 10.0 Å². The number of carboxylic acid groups (broad SMARTS) is 1. The Kier molecular flexibility index (Phi) is 3.08. The Morgan fingerprint density at radius 3 is 2.60 bits per heavy atom. The Bertz CT molecular complexity index is 665. The van der Waals surface area contributed by atoms with Crippen LogP contribution in [-0.2, 0) is 0 Å². The predicted octanol–water partition coefficient (Wildman–Crippen LogP) is 3.17. The average Bonchev–Trinajstić information content (AvgIpc) is 3.29. The van der Waals surface area contributed by atoms with Crippen LogP contribution in [0.5, 0.6) is 0 Å². The summed E-state index contributed by atoms with van der Waals surface area (Å²) in [6, 6.07) is 8.01. The van der Waals surface area contributed by atoms with Gasteiger partial charge in [0.15, 0.2) is 0 Å². The first-order valence-electron chi connectivity index (χ1n) is 6.93. The zero-order valence-corrected chi connectivity index (χ0v) is 11.7. The second-order valence-corrected chi connectivity index (χ2v) is 5.54. The van der Waals surface area contributed by atoms with E-state index in [4.69, 9.17) is 0 Å². The first-order valence-corrected chi connectivity index (χ1v) is 6.93. The molecule has 20 heavy (non-hydrogen) atoms. The summed E-state index contributed by atoms with van der Waals surface area (Å²) in [6.45, 7) is 2.21. The molecule has 1 aromatic carbocycles. The molecule has 0 aliphatic heterocycles. The van der Waals surface area contributed by atoms with Crippen molar-refractivity contribution in [1.82, 2.24) is 4.98 Å². The smallest absolute Gasteiger partial charge is 0.337 e. The van der Waals surface area contributed by atoms with Crippen LogP contribution in [0.2, 0.25) is 0 Å². The Balaban J connectivity index is 2.12. The van der Waals surface area contributed by atoms with Crippen molar-refractivity contribution in [3.05, 3.63) is 36.0 Å². The highest BCUT2D eigenvalue weighted by Gasteiger charge is 2.31. The number of nitrogens with zero attached hydrogens (tertiary/aromatic N) is 2. The standard InChI is InChI=1S/C16H18N2O2/c1-10(11-7-8-11)18(2)15-13-6-4-3-5-12(13)14(9-17-15)16(19)20/h3-6,9-11H,7-8H2,1-2H3,(H,19,20). The van der Waals surface area contributed by atoms with Crippen LogP contribution in [0, 0.1) is 5.92 Å². The Hall–Kier alpha value is -2.10. The molecule has 104 valence electrons. The molecule has 4 nitrogen and oxygen atoms in total. The van der Waals surface area contributed by atoms with Gasteiger partial charge in [-0.3, -0.25) is 0 Å². The number of hydrogen-bond donors (Lipinski definition) is 1. The zero-order valence-electron chi connectivity index (χ0n) is 11.7. The normalized spacial score (nSPS) is 16.1. The average molecular weight is 270 g/mol. The Labute approximate surface area is 118 Å². The summed E-state index contributed by atoms with van der Waals surface area (Å²) >= 11 is 0. The molecule has 3 rings (SSSR count). The number of aromatic nitrogens is 1. The first-order chi connectivity index (χ1) is 9.59. The van der Waals surface area contributed by atoms with E-state index in [2.05, 4.69) is 16.8 Å². The molecule has 4 heteroatoms. The van der Waals surface area contributed by atoms with E-state index in [9.17, 15) is 9.90 Å². The first kappa shape index (κ1) is 12.9. The molecule has 1 saturated carbocycles. The third kappa shape index (κ3) is 2.11. The maximum atomic E-state index is 11.3. The molecule has 0 saturated heterocycles. The minimum Gasteiger partial charge on any atom is -0.478 e. The van der Waals surface area contributed by atoms with Gasteiger partial charge in [-0.1, -0.05) is 24.3 Å². The van der Waals surface area contributed by atoms with Crippen molar-refractivity contribution in [2.75, 3.05) is 11.9 Å². The van der Waals surface area contributed by atoms with Gasteiger partial charge in [0, 0.05) is 30.1 Å². The quantitative estimate of drug-likeness (QED) is 0.927. The van der Waals surface area contributed by atoms with Gasteiger partial charge in [0.2, 0.25) is 0 Å². The topological polar surface area (TPSA) is 53.4 Å². The van der Waals surface area contributed by atoms with Crippen LogP contribution in [0.4, 0.5) is 5.82 Å². The molecule has 0 bridgehead atoms. The van der Waals surface area contributed by atoms with Gasteiger partial charge in [0.1, 0.15) is 5.82 Å². The molecule has 1 aromatic heterocycles. The fourth-order valence-corrected chi connectivity index (χ4v) is 2.72. The van der Waals surface area contributed by atoms with Crippen LogP contribution in [-0.4, -0.2) is 29.1 Å². The molecule has 1 aliphatic rings. The van der Waals surface area contributed by atoms with Crippen LogP contribution >= 0.6 is 0 Å². The number of carbonyl (C=O) groups is 1. The highest BCUT2D eigenvalue weighted by Crippen LogP contribution is 2.37. The van der Waals surface area contributed by atoms with E-state index in [0.717, 1.165) is 22.5 Å². The molecule has 1 fully saturated rings. The monoisotopic (exact) mass is 270 g/mol. The molecule has 1 unspecified atom stereocenters. The largest absolute Gasteiger partial charge is 0.478 e. The molecule has 0 radical (unpaired) electrons. The molecular weight excluding hydrogens is 252 g/mol. The summed E-state index contributed by atoms with van der Waals surface area (Å²) in [7, 11) is 2.04. The van der Waals surface area contributed by atoms with Crippen molar-refractivity contribution < 1.29 is 9.90 Å². The summed E-state index contributed by atoms with van der Waals surface area (Å²) in [5.41, 5.74) is 0.261. The molecule has 2 aromatic rings. The van der Waals surface area contributed by atoms with Crippen LogP contribution in [0.25, 0.3) is 10.8 Å². The van der Waals surface area contributed by atoms with Crippen LogP contribution in [0.1, 0.15) is 30.1 Å². The van der Waals surface area contributed by atoms with Gasteiger partial charge in [-0.05, 0) is 25.7 Å². The van der Waals surface area contributed by atoms with E-state index in [-0.39, 0.29) is 5.56 Å². The number of hydrogen-bond acceptors (Lipinski definition) is 3. The molecule has 1 aliphatic carbocycles. The van der Waals surface area contributed by atoms with E-state index in [1.165, 1.54) is 19.0 Å². The number of pyridine rings is 1. The molecular formula is C16H18N2O2. The second kappa shape index (κ2) is 4.78. The number of benzene rings is 1. The van der Waals surface area contributed by atoms with E-state index in [0.29, 0.717) is 6.04 Å². The van der Waals surface area contributed by atoms with Gasteiger partial charge in [-0.25, -0.2) is 9.78 Å². The number of fused-ring (bicyclic) bond motifs is 1. The molecule has 0 spiro atoms. The summed E-state index contributed by atoms with van der Waals surface area (Å²) < 4.78 is 0. The van der Waals surface area contributed by atoms with Crippen LogP contribution < -0.4 is 4.90 Å². The van der Waals surface area contributed by atoms with Crippen molar-refractivity contribution in [3.63, 3.8) is 0 Å². The molecule has 1 heterocycles. The summed E-state index contributed by atoms with van der Waals surface area (Å²) in [4.78, 5) is 17.9. The lowest BCUT2D eigenvalue weighted by Crippen LogP contribution is -2.31. The maximum Gasteiger partial charge on any atom is 0.337 e. The highest BCUT2D eigenvalue weighted by atomic mass is 16.4. The number of carboxylic acids is 1. The van der Waals surface area contributed by atoms with Gasteiger partial charge in [0.25, 0.3) is 0 Å². The molecule has 0 amide bonds. The lowest BCUT2D eigenvalue weighted by atomic mass is 10.1. The number of rotatable bonds is 4. The van der Waals surface area contributed by atoms with E-state index in [1.54, 1.807) is 0 Å². The van der Waals surface area contributed by atoms with E-state index >= 15 is 0 Å². The van der Waals surface area contributed by atoms with Gasteiger partial charge in [-0.15, -0.1) is 0 Å². The minimum atomic E-state index is -0.932. The van der Waals surface area contributed by atoms with Crippen molar-refractivity contribution >= 4 is 22.6 Å². The fourth-order valence-electron chi connectivity index (χ4n) is 2.72. The van der Waals surface area contributed by atoms with Crippen LogP contribution in [0.3, 0.4) is 0 Å². The lowest BCUT2D eigenvalue weighted by Gasteiger charge is -2.27. The van der Waals surface area contributed by atoms with Crippen molar-refractivity contribution in [2.24, 2.45) is 5.92 Å². The Morgan fingerprint density at radius 2 is 2.00 bits per heavy atom. The van der Waals surface area contributed by atoms with Gasteiger partial charge in [-0.2, -0.15) is 0 Å². The van der Waals surface area contributed by atoms with Crippen molar-refractivity contribution in [1.29, 1.82) is 0 Å². The molecule has 1 N–H and O–H groups in total. The summed E-state index contributed by atoms with van der Waals surface area (Å²) in [6.07, 6.45) is 4.02. The SMILES string of the molecule is CC(C1CC1)N(C)c1ncc(C(=O)O)c2ccccc12. The number of anilines is 1. The summed E-state index contributed by atoms with van der Waals surface area (Å²) in [5.74, 6) is 0.669. The van der Waals surface area contributed by atoms with Gasteiger partial charge in [0.05, 0.1) is 5.56 Å². The lowest BCUT2D eigenvalue weighted by molar-refractivity contribution is 0.0698. The summed E-state index contributed by atoms with van der Waals surface area (Å²) in [5, 5.41) is 10.9.